The van der Waals surface area contributed by atoms with Crippen LogP contribution in [0.3, 0.4) is 0 Å². The van der Waals surface area contributed by atoms with Gasteiger partial charge in [0.15, 0.2) is 6.61 Å². The van der Waals surface area contributed by atoms with Crippen molar-refractivity contribution >= 4 is 16.9 Å². The third kappa shape index (κ3) is 3.98. The van der Waals surface area contributed by atoms with Gasteiger partial charge in [-0.2, -0.15) is 0 Å². The lowest BCUT2D eigenvalue weighted by Crippen LogP contribution is -2.07. The molecular weight excluding hydrogens is 402 g/mol. The van der Waals surface area contributed by atoms with E-state index in [9.17, 15) is 4.79 Å². The standard InChI is InChI=1S/C26H19N3O3/c1-17-28-29-25(32-17)16-31-26(30)22-15-24(27-23-10-6-5-9-21(22)23)20-13-11-19(12-14-20)18-7-3-2-4-8-18/h2-15H,16H2,1H3. The molecule has 0 aliphatic heterocycles. The summed E-state index contributed by atoms with van der Waals surface area (Å²) < 4.78 is 10.7. The summed E-state index contributed by atoms with van der Waals surface area (Å²) in [7, 11) is 0. The van der Waals surface area contributed by atoms with Crippen LogP contribution in [0.15, 0.2) is 89.3 Å². The molecule has 0 aliphatic rings. The second-order valence-corrected chi connectivity index (χ2v) is 7.31. The average Bonchev–Trinajstić information content (AvgIpc) is 3.27. The van der Waals surface area contributed by atoms with Gasteiger partial charge in [-0.25, -0.2) is 9.78 Å². The third-order valence-corrected chi connectivity index (χ3v) is 5.12. The van der Waals surface area contributed by atoms with Crippen molar-refractivity contribution in [2.75, 3.05) is 0 Å². The second-order valence-electron chi connectivity index (χ2n) is 7.31. The maximum absolute atomic E-state index is 12.9. The van der Waals surface area contributed by atoms with E-state index in [1.165, 1.54) is 0 Å². The summed E-state index contributed by atoms with van der Waals surface area (Å²) in [4.78, 5) is 17.7. The Kier molecular flexibility index (Phi) is 5.17. The number of aromatic nitrogens is 3. The van der Waals surface area contributed by atoms with Crippen molar-refractivity contribution in [2.24, 2.45) is 0 Å². The highest BCUT2D eigenvalue weighted by molar-refractivity contribution is 6.04. The lowest BCUT2D eigenvalue weighted by molar-refractivity contribution is 0.0439. The molecule has 0 bridgehead atoms. The molecule has 2 aromatic heterocycles. The summed E-state index contributed by atoms with van der Waals surface area (Å²) in [6, 6.07) is 27.6. The van der Waals surface area contributed by atoms with Crippen molar-refractivity contribution in [3.8, 4) is 22.4 Å². The van der Waals surface area contributed by atoms with Gasteiger partial charge in [-0.15, -0.1) is 10.2 Å². The first kappa shape index (κ1) is 19.6. The number of fused-ring (bicyclic) bond motifs is 1. The molecule has 0 N–H and O–H groups in total. The number of rotatable bonds is 5. The van der Waals surface area contributed by atoms with Crippen LogP contribution in [0.1, 0.15) is 22.1 Å². The quantitative estimate of drug-likeness (QED) is 0.343. The van der Waals surface area contributed by atoms with Crippen molar-refractivity contribution in [3.05, 3.63) is 102 Å². The second kappa shape index (κ2) is 8.43. The predicted molar refractivity (Wildman–Crippen MR) is 121 cm³/mol. The van der Waals surface area contributed by atoms with Gasteiger partial charge in [0.25, 0.3) is 5.89 Å². The largest absolute Gasteiger partial charge is 0.452 e. The molecule has 5 aromatic rings. The van der Waals surface area contributed by atoms with Crippen LogP contribution >= 0.6 is 0 Å². The zero-order valence-corrected chi connectivity index (χ0v) is 17.4. The van der Waals surface area contributed by atoms with Crippen molar-refractivity contribution in [1.82, 2.24) is 15.2 Å². The molecule has 0 amide bonds. The fraction of sp³-hybridized carbons (Fsp3) is 0.0769. The Labute approximate surface area is 184 Å². The monoisotopic (exact) mass is 421 g/mol. The van der Waals surface area contributed by atoms with E-state index in [0.29, 0.717) is 17.1 Å². The number of hydrogen-bond acceptors (Lipinski definition) is 6. The number of ether oxygens (including phenoxy) is 1. The highest BCUT2D eigenvalue weighted by Crippen LogP contribution is 2.28. The Balaban J connectivity index is 1.48. The summed E-state index contributed by atoms with van der Waals surface area (Å²) in [5.74, 6) is 0.208. The Hall–Kier alpha value is -4.32. The Morgan fingerprint density at radius 2 is 1.53 bits per heavy atom. The van der Waals surface area contributed by atoms with Crippen LogP contribution in [0.4, 0.5) is 0 Å². The van der Waals surface area contributed by atoms with Crippen molar-refractivity contribution in [1.29, 1.82) is 0 Å². The zero-order valence-electron chi connectivity index (χ0n) is 17.4. The molecule has 6 heteroatoms. The minimum absolute atomic E-state index is 0.0859. The normalized spacial score (nSPS) is 10.9. The fourth-order valence-electron chi connectivity index (χ4n) is 3.56. The predicted octanol–water partition coefficient (Wildman–Crippen LogP) is 5.62. The van der Waals surface area contributed by atoms with E-state index < -0.39 is 5.97 Å². The molecule has 0 unspecified atom stereocenters. The van der Waals surface area contributed by atoms with Gasteiger partial charge in [0.2, 0.25) is 5.89 Å². The van der Waals surface area contributed by atoms with Crippen LogP contribution in [0.25, 0.3) is 33.3 Å². The zero-order chi connectivity index (χ0) is 21.9. The van der Waals surface area contributed by atoms with Gasteiger partial charge in [-0.1, -0.05) is 72.8 Å². The van der Waals surface area contributed by atoms with Gasteiger partial charge in [-0.05, 0) is 23.3 Å². The molecule has 0 fully saturated rings. The van der Waals surface area contributed by atoms with Crippen LogP contribution in [-0.2, 0) is 11.3 Å². The topological polar surface area (TPSA) is 78.1 Å². The van der Waals surface area contributed by atoms with E-state index in [4.69, 9.17) is 14.1 Å². The molecule has 3 aromatic carbocycles. The van der Waals surface area contributed by atoms with E-state index in [0.717, 1.165) is 27.6 Å². The lowest BCUT2D eigenvalue weighted by Gasteiger charge is -2.10. The van der Waals surface area contributed by atoms with Gasteiger partial charge >= 0.3 is 5.97 Å². The highest BCUT2D eigenvalue weighted by Gasteiger charge is 2.16. The van der Waals surface area contributed by atoms with Gasteiger partial charge in [0, 0.05) is 17.9 Å². The van der Waals surface area contributed by atoms with Gasteiger partial charge in [0.1, 0.15) is 0 Å². The minimum atomic E-state index is -0.471. The Morgan fingerprint density at radius 1 is 0.844 bits per heavy atom. The molecule has 0 aliphatic carbocycles. The molecule has 5 rings (SSSR count). The van der Waals surface area contributed by atoms with Gasteiger partial charge in [0.05, 0.1) is 16.8 Å². The van der Waals surface area contributed by atoms with Crippen LogP contribution in [0.5, 0.6) is 0 Å². The van der Waals surface area contributed by atoms with Gasteiger partial charge in [-0.3, -0.25) is 0 Å². The number of aryl methyl sites for hydroxylation is 1. The lowest BCUT2D eigenvalue weighted by atomic mass is 10.0. The molecule has 156 valence electrons. The number of carbonyl (C=O) groups is 1. The summed E-state index contributed by atoms with van der Waals surface area (Å²) in [6.07, 6.45) is 0. The molecule has 6 nitrogen and oxygen atoms in total. The Morgan fingerprint density at radius 3 is 2.28 bits per heavy atom. The fourth-order valence-corrected chi connectivity index (χ4v) is 3.56. The van der Waals surface area contributed by atoms with Crippen LogP contribution in [-0.4, -0.2) is 21.2 Å². The van der Waals surface area contributed by atoms with E-state index in [1.807, 2.05) is 54.6 Å². The number of hydrogen-bond donors (Lipinski definition) is 0. The van der Waals surface area contributed by atoms with Crippen LogP contribution < -0.4 is 0 Å². The number of nitrogens with zero attached hydrogens (tertiary/aromatic N) is 3. The summed E-state index contributed by atoms with van der Waals surface area (Å²) in [5, 5.41) is 8.34. The molecule has 0 atom stereocenters. The molecule has 0 saturated carbocycles. The molecule has 0 radical (unpaired) electrons. The SMILES string of the molecule is Cc1nnc(COC(=O)c2cc(-c3ccc(-c4ccccc4)cc3)nc3ccccc23)o1. The number of carbonyl (C=O) groups excluding carboxylic acids is 1. The molecule has 2 heterocycles. The number of para-hydroxylation sites is 1. The summed E-state index contributed by atoms with van der Waals surface area (Å²) in [6.45, 7) is 1.60. The van der Waals surface area contributed by atoms with Crippen molar-refractivity contribution < 1.29 is 13.9 Å². The molecule has 0 spiro atoms. The van der Waals surface area contributed by atoms with Crippen LogP contribution in [0, 0.1) is 6.92 Å². The van der Waals surface area contributed by atoms with Gasteiger partial charge < -0.3 is 9.15 Å². The first-order valence-electron chi connectivity index (χ1n) is 10.2. The molecular formula is C26H19N3O3. The van der Waals surface area contributed by atoms with Crippen molar-refractivity contribution in [2.45, 2.75) is 13.5 Å². The number of esters is 1. The maximum Gasteiger partial charge on any atom is 0.339 e. The highest BCUT2D eigenvalue weighted by atomic mass is 16.5. The maximum atomic E-state index is 12.9. The summed E-state index contributed by atoms with van der Waals surface area (Å²) in [5.41, 5.74) is 5.03. The van der Waals surface area contributed by atoms with E-state index in [-0.39, 0.29) is 12.5 Å². The summed E-state index contributed by atoms with van der Waals surface area (Å²) >= 11 is 0. The van der Waals surface area contributed by atoms with E-state index in [1.54, 1.807) is 13.0 Å². The smallest absolute Gasteiger partial charge is 0.339 e. The molecule has 0 saturated heterocycles. The van der Waals surface area contributed by atoms with E-state index in [2.05, 4.69) is 34.5 Å². The molecule has 32 heavy (non-hydrogen) atoms. The third-order valence-electron chi connectivity index (χ3n) is 5.12. The van der Waals surface area contributed by atoms with Crippen LogP contribution in [0.2, 0.25) is 0 Å². The Bertz CT molecular complexity index is 1390. The minimum Gasteiger partial charge on any atom is -0.452 e. The number of benzene rings is 3. The van der Waals surface area contributed by atoms with Crippen molar-refractivity contribution in [3.63, 3.8) is 0 Å². The van der Waals surface area contributed by atoms with E-state index >= 15 is 0 Å². The first-order chi connectivity index (χ1) is 15.7. The average molecular weight is 421 g/mol. The number of pyridine rings is 1. The first-order valence-corrected chi connectivity index (χ1v) is 10.2.